The highest BCUT2D eigenvalue weighted by molar-refractivity contribution is 7.90. The number of nitrogens with zero attached hydrogens (tertiary/aromatic N) is 1. The van der Waals surface area contributed by atoms with Crippen LogP contribution in [-0.2, 0) is 33.2 Å². The van der Waals surface area contributed by atoms with Crippen molar-refractivity contribution in [2.45, 2.75) is 55.4 Å². The Kier molecular flexibility index (Phi) is 7.40. The summed E-state index contributed by atoms with van der Waals surface area (Å²) in [6, 6.07) is 20.1. The van der Waals surface area contributed by atoms with E-state index in [1.807, 2.05) is 24.3 Å². The Bertz CT molecular complexity index is 1510. The van der Waals surface area contributed by atoms with E-state index in [0.717, 1.165) is 48.6 Å². The molecule has 1 fully saturated rings. The second kappa shape index (κ2) is 11.0. The van der Waals surface area contributed by atoms with Crippen molar-refractivity contribution in [3.05, 3.63) is 88.4 Å². The zero-order valence-electron chi connectivity index (χ0n) is 22.3. The molecule has 3 aliphatic rings. The molecule has 0 bridgehead atoms. The zero-order chi connectivity index (χ0) is 27.7. The van der Waals surface area contributed by atoms with Gasteiger partial charge in [-0.05, 0) is 85.0 Å². The Labute approximate surface area is 240 Å². The largest absolute Gasteiger partial charge is 0.490 e. The minimum atomic E-state index is -4.16. The number of carbonyl (C=O) groups is 1. The number of carbonyl (C=O) groups excluding carboxylic acids is 1. The number of rotatable bonds is 6. The maximum absolute atomic E-state index is 13.2. The van der Waals surface area contributed by atoms with Crippen molar-refractivity contribution in [3.8, 4) is 5.75 Å². The molecule has 1 atom stereocenters. The van der Waals surface area contributed by atoms with Gasteiger partial charge in [-0.2, -0.15) is 0 Å². The van der Waals surface area contributed by atoms with Crippen LogP contribution in [0.4, 0.5) is 10.5 Å². The molecule has 1 heterocycles. The third-order valence-corrected chi connectivity index (χ3v) is 10.00. The highest BCUT2D eigenvalue weighted by atomic mass is 35.5. The molecule has 0 radical (unpaired) electrons. The van der Waals surface area contributed by atoms with E-state index in [2.05, 4.69) is 21.8 Å². The Morgan fingerprint density at radius 3 is 2.67 bits per heavy atom. The van der Waals surface area contributed by atoms with E-state index in [1.54, 1.807) is 24.3 Å². The summed E-state index contributed by atoms with van der Waals surface area (Å²) in [6.45, 7) is 2.04. The summed E-state index contributed by atoms with van der Waals surface area (Å²) in [4.78, 5) is 14.7. The van der Waals surface area contributed by atoms with Gasteiger partial charge >= 0.3 is 6.09 Å². The summed E-state index contributed by atoms with van der Waals surface area (Å²) in [5, 5.41) is 0.740. The van der Waals surface area contributed by atoms with Gasteiger partial charge in [-0.1, -0.05) is 54.4 Å². The van der Waals surface area contributed by atoms with Crippen molar-refractivity contribution < 1.29 is 22.7 Å². The first-order valence-electron chi connectivity index (χ1n) is 13.9. The lowest BCUT2D eigenvalue weighted by molar-refractivity contribution is 0.146. The highest BCUT2D eigenvalue weighted by Gasteiger charge is 2.42. The van der Waals surface area contributed by atoms with E-state index >= 15 is 0 Å². The second-order valence-electron chi connectivity index (χ2n) is 11.2. The lowest BCUT2D eigenvalue weighted by Gasteiger charge is -2.42. The Balaban J connectivity index is 1.27. The van der Waals surface area contributed by atoms with Crippen LogP contribution in [0.3, 0.4) is 0 Å². The van der Waals surface area contributed by atoms with Crippen molar-refractivity contribution in [1.82, 2.24) is 4.72 Å². The summed E-state index contributed by atoms with van der Waals surface area (Å²) in [6.07, 6.45) is 5.55. The van der Waals surface area contributed by atoms with Crippen molar-refractivity contribution in [3.63, 3.8) is 0 Å². The first-order valence-corrected chi connectivity index (χ1v) is 15.7. The van der Waals surface area contributed by atoms with Gasteiger partial charge < -0.3 is 14.4 Å². The van der Waals surface area contributed by atoms with Crippen molar-refractivity contribution >= 4 is 33.4 Å². The number of aryl methyl sites for hydroxylation is 1. The number of ether oxygens (including phenoxy) is 2. The number of hydrogen-bond donors (Lipinski definition) is 1. The quantitative estimate of drug-likeness (QED) is 0.372. The second-order valence-corrected chi connectivity index (χ2v) is 13.3. The predicted molar refractivity (Wildman–Crippen MR) is 155 cm³/mol. The fourth-order valence-corrected chi connectivity index (χ4v) is 7.27. The maximum atomic E-state index is 13.2. The molecule has 1 saturated carbocycles. The average molecular weight is 581 g/mol. The normalized spacial score (nSPS) is 20.5. The van der Waals surface area contributed by atoms with Crippen molar-refractivity contribution in [1.29, 1.82) is 0 Å². The van der Waals surface area contributed by atoms with Crippen LogP contribution in [0, 0.1) is 5.92 Å². The number of fused-ring (bicyclic) bond motifs is 3. The van der Waals surface area contributed by atoms with Crippen LogP contribution < -0.4 is 14.4 Å². The number of sulfonamides is 1. The van der Waals surface area contributed by atoms with Gasteiger partial charge in [0.05, 0.1) is 17.2 Å². The summed E-state index contributed by atoms with van der Waals surface area (Å²) in [5.41, 5.74) is 3.82. The van der Waals surface area contributed by atoms with E-state index < -0.39 is 16.1 Å². The summed E-state index contributed by atoms with van der Waals surface area (Å²) < 4.78 is 40.1. The average Bonchev–Trinajstić information content (AvgIpc) is 3.07. The van der Waals surface area contributed by atoms with Crippen LogP contribution in [0.2, 0.25) is 5.02 Å². The number of nitrogens with one attached hydrogen (secondary N) is 1. The molecule has 3 aromatic rings. The monoisotopic (exact) mass is 580 g/mol. The molecule has 1 amide bonds. The number of halogens is 1. The Morgan fingerprint density at radius 2 is 1.90 bits per heavy atom. The van der Waals surface area contributed by atoms with Gasteiger partial charge in [0, 0.05) is 23.5 Å². The highest BCUT2D eigenvalue weighted by Crippen LogP contribution is 2.45. The molecule has 0 aromatic heterocycles. The molecule has 2 aliphatic carbocycles. The van der Waals surface area contributed by atoms with Crippen LogP contribution in [-0.4, -0.2) is 34.2 Å². The number of benzene rings is 3. The van der Waals surface area contributed by atoms with Crippen LogP contribution in [0.1, 0.15) is 48.8 Å². The standard InChI is InChI=1S/C31H33ClN2O5S/c32-25-11-13-27-24(16-25)10-5-15-31(27)20-34(18-22-8-4-9-22)28-17-26(12-14-29(28)39-21-31)40(36,37)33-30(35)38-19-23-6-2-1-3-7-23/h1-3,6-7,11-14,16-17,22H,4-5,8-10,15,18-21H2,(H,33,35)/t31-/m0/s1. The van der Waals surface area contributed by atoms with Gasteiger partial charge in [0.1, 0.15) is 12.4 Å². The van der Waals surface area contributed by atoms with Crippen LogP contribution >= 0.6 is 11.6 Å². The third kappa shape index (κ3) is 5.52. The SMILES string of the molecule is O=C(NS(=O)(=O)c1ccc2c(c1)N(CC1CCC1)C[C@@]1(CCCc3cc(Cl)ccc31)CO2)OCc1ccccc1. The van der Waals surface area contributed by atoms with Gasteiger partial charge in [-0.3, -0.25) is 0 Å². The van der Waals surface area contributed by atoms with Crippen LogP contribution in [0.25, 0.3) is 0 Å². The molecule has 7 nitrogen and oxygen atoms in total. The Hall–Kier alpha value is -3.23. The molecule has 3 aromatic carbocycles. The van der Waals surface area contributed by atoms with Gasteiger partial charge in [-0.25, -0.2) is 17.9 Å². The summed E-state index contributed by atoms with van der Waals surface area (Å²) in [5.74, 6) is 1.21. The van der Waals surface area contributed by atoms with Crippen molar-refractivity contribution in [2.75, 3.05) is 24.6 Å². The molecular formula is C31H33ClN2O5S. The molecule has 6 rings (SSSR count). The summed E-state index contributed by atoms with van der Waals surface area (Å²) in [7, 11) is -4.16. The topological polar surface area (TPSA) is 84.9 Å². The van der Waals surface area contributed by atoms with E-state index in [0.29, 0.717) is 18.3 Å². The molecule has 1 spiro atoms. The van der Waals surface area contributed by atoms with E-state index in [9.17, 15) is 13.2 Å². The lowest BCUT2D eigenvalue weighted by atomic mass is 9.70. The van der Waals surface area contributed by atoms with E-state index in [-0.39, 0.29) is 16.9 Å². The Morgan fingerprint density at radius 1 is 1.07 bits per heavy atom. The lowest BCUT2D eigenvalue weighted by Crippen LogP contribution is -2.47. The van der Waals surface area contributed by atoms with Gasteiger partial charge in [0.25, 0.3) is 10.0 Å². The molecule has 9 heteroatoms. The molecule has 1 aliphatic heterocycles. The minimum absolute atomic E-state index is 0.00287. The molecule has 210 valence electrons. The van der Waals surface area contributed by atoms with E-state index in [4.69, 9.17) is 21.1 Å². The number of hydrogen-bond acceptors (Lipinski definition) is 6. The third-order valence-electron chi connectivity index (χ3n) is 8.45. The van der Waals surface area contributed by atoms with Crippen LogP contribution in [0.5, 0.6) is 5.75 Å². The first kappa shape index (κ1) is 27.0. The number of amides is 1. The van der Waals surface area contributed by atoms with Gasteiger partial charge in [0.15, 0.2) is 0 Å². The first-order chi connectivity index (χ1) is 19.3. The smallest absolute Gasteiger partial charge is 0.421 e. The molecular weight excluding hydrogens is 548 g/mol. The maximum Gasteiger partial charge on any atom is 0.421 e. The number of anilines is 1. The molecule has 1 N–H and O–H groups in total. The summed E-state index contributed by atoms with van der Waals surface area (Å²) >= 11 is 6.34. The minimum Gasteiger partial charge on any atom is -0.490 e. The molecule has 0 saturated heterocycles. The molecule has 40 heavy (non-hydrogen) atoms. The van der Waals surface area contributed by atoms with E-state index in [1.165, 1.54) is 36.5 Å². The van der Waals surface area contributed by atoms with Crippen LogP contribution in [0.15, 0.2) is 71.6 Å². The predicted octanol–water partition coefficient (Wildman–Crippen LogP) is 6.23. The fourth-order valence-electron chi connectivity index (χ4n) is 6.17. The zero-order valence-corrected chi connectivity index (χ0v) is 23.8. The molecule has 0 unspecified atom stereocenters. The van der Waals surface area contributed by atoms with Crippen molar-refractivity contribution in [2.24, 2.45) is 5.92 Å². The van der Waals surface area contributed by atoms with Gasteiger partial charge in [-0.15, -0.1) is 0 Å². The fraction of sp³-hybridized carbons (Fsp3) is 0.387. The van der Waals surface area contributed by atoms with Gasteiger partial charge in [0.2, 0.25) is 0 Å².